The second-order valence-electron chi connectivity index (χ2n) is 23.3. The minimum atomic E-state index is -0.757. The Hall–Kier alpha value is -6.75. The van der Waals surface area contributed by atoms with E-state index in [9.17, 15) is 19.2 Å². The fraction of sp³-hybridized carbons (Fsp3) is 0.525. The number of nitrogens with one attached hydrogen (secondary N) is 2. The van der Waals surface area contributed by atoms with Crippen molar-refractivity contribution in [3.63, 3.8) is 0 Å². The molecule has 0 radical (unpaired) electrons. The summed E-state index contributed by atoms with van der Waals surface area (Å²) in [5, 5.41) is 5.71. The monoisotopic (exact) mass is 1030 g/mol. The predicted octanol–water partition coefficient (Wildman–Crippen LogP) is 8.25. The number of benzene rings is 2. The van der Waals surface area contributed by atoms with Crippen LogP contribution in [0.1, 0.15) is 127 Å². The molecule has 1 atom stereocenters. The van der Waals surface area contributed by atoms with E-state index >= 15 is 9.18 Å². The van der Waals surface area contributed by atoms with Crippen molar-refractivity contribution in [1.29, 1.82) is 0 Å². The molecule has 5 amide bonds. The lowest BCUT2D eigenvalue weighted by Gasteiger charge is -2.48. The van der Waals surface area contributed by atoms with Gasteiger partial charge in [-0.25, -0.2) is 19.3 Å². The van der Waals surface area contributed by atoms with E-state index < -0.39 is 10.8 Å². The minimum Gasteiger partial charge on any atom is -0.357 e. The van der Waals surface area contributed by atoms with Gasteiger partial charge in [-0.1, -0.05) is 43.7 Å². The molecule has 1 spiro atoms. The van der Waals surface area contributed by atoms with Gasteiger partial charge >= 0.3 is 0 Å². The SMILES string of the molecule is CC(C)n1cnc2cc(-c3ccc4c(c3)N(C3CC(N5CCCCC5)C3)C(=O)C43CCN(C(=O)C4(C)CCN(C(=O)C5CCN(c6ccc([C@H]7CCC(=O)NC7=O)cn6)CC5)CC4)CC3)nc(Nc3ccccc3F)c21. The molecule has 9 heterocycles. The molecule has 7 aliphatic rings. The van der Waals surface area contributed by atoms with E-state index in [4.69, 9.17) is 9.97 Å². The van der Waals surface area contributed by atoms with Gasteiger partial charge in [-0.15, -0.1) is 0 Å². The van der Waals surface area contributed by atoms with Crippen molar-refractivity contribution < 1.29 is 28.4 Å². The van der Waals surface area contributed by atoms with Crippen LogP contribution in [0.4, 0.5) is 27.4 Å². The van der Waals surface area contributed by atoms with Gasteiger partial charge in [0.05, 0.1) is 34.6 Å². The number of nitrogens with zero attached hydrogens (tertiary/aromatic N) is 9. The van der Waals surface area contributed by atoms with Gasteiger partial charge in [-0.3, -0.25) is 29.3 Å². The third kappa shape index (κ3) is 8.98. The second kappa shape index (κ2) is 20.0. The maximum absolute atomic E-state index is 15.4. The molecule has 398 valence electrons. The van der Waals surface area contributed by atoms with Crippen molar-refractivity contribution in [2.45, 2.75) is 134 Å². The van der Waals surface area contributed by atoms with Crippen LogP contribution in [0.5, 0.6) is 0 Å². The van der Waals surface area contributed by atoms with Crippen LogP contribution < -0.4 is 20.4 Å². The number of imide groups is 1. The van der Waals surface area contributed by atoms with Gasteiger partial charge in [-0.2, -0.15) is 0 Å². The van der Waals surface area contributed by atoms with Gasteiger partial charge in [-0.05, 0) is 139 Å². The van der Waals surface area contributed by atoms with Gasteiger partial charge in [0.1, 0.15) is 17.2 Å². The lowest BCUT2D eigenvalue weighted by Crippen LogP contribution is -2.59. The normalized spacial score (nSPS) is 24.0. The van der Waals surface area contributed by atoms with Crippen LogP contribution in [0.15, 0.2) is 73.2 Å². The number of carbonyl (C=O) groups is 5. The van der Waals surface area contributed by atoms with Crippen LogP contribution >= 0.6 is 0 Å². The number of pyridine rings is 2. The number of hydrogen-bond acceptors (Lipinski definition) is 11. The topological polar surface area (TPSA) is 169 Å². The zero-order chi connectivity index (χ0) is 52.5. The Morgan fingerprint density at radius 3 is 2.24 bits per heavy atom. The van der Waals surface area contributed by atoms with Gasteiger partial charge in [0.25, 0.3) is 0 Å². The lowest BCUT2D eigenvalue weighted by molar-refractivity contribution is -0.150. The number of imidazole rings is 1. The number of rotatable bonds is 10. The highest BCUT2D eigenvalue weighted by Gasteiger charge is 2.56. The first-order chi connectivity index (χ1) is 36.8. The first kappa shape index (κ1) is 50.1. The third-order valence-corrected chi connectivity index (χ3v) is 18.5. The molecule has 17 heteroatoms. The van der Waals surface area contributed by atoms with E-state index in [0.717, 1.165) is 65.2 Å². The lowest BCUT2D eigenvalue weighted by atomic mass is 9.72. The Morgan fingerprint density at radius 1 is 0.803 bits per heavy atom. The molecule has 2 N–H and O–H groups in total. The van der Waals surface area contributed by atoms with E-state index in [2.05, 4.69) is 69.3 Å². The Morgan fingerprint density at radius 2 is 1.54 bits per heavy atom. The Kier molecular flexibility index (Phi) is 13.2. The molecule has 0 bridgehead atoms. The number of halogens is 1. The number of piperidine rings is 5. The van der Waals surface area contributed by atoms with Crippen molar-refractivity contribution in [2.24, 2.45) is 11.3 Å². The average molecular weight is 1030 g/mol. The Labute approximate surface area is 443 Å². The first-order valence-electron chi connectivity index (χ1n) is 28.0. The summed E-state index contributed by atoms with van der Waals surface area (Å²) < 4.78 is 17.2. The maximum Gasteiger partial charge on any atom is 0.238 e. The van der Waals surface area contributed by atoms with Gasteiger partial charge in [0, 0.05) is 92.6 Å². The van der Waals surface area contributed by atoms with E-state index in [1.165, 1.54) is 25.3 Å². The predicted molar refractivity (Wildman–Crippen MR) is 288 cm³/mol. The molecule has 6 aliphatic heterocycles. The zero-order valence-corrected chi connectivity index (χ0v) is 44.1. The van der Waals surface area contributed by atoms with Gasteiger partial charge in [0.15, 0.2) is 5.82 Å². The van der Waals surface area contributed by atoms with E-state index in [0.29, 0.717) is 114 Å². The number of amides is 5. The standard InChI is InChI=1S/C59H70FN11O5/c1-37(2)70-36-62-48-34-47(64-53(52(48)70)63-46-10-6-5-9-45(46)60)39-11-14-44-49(31-39)71(42-32-41(33-42)66-23-7-4-8-24-66)57(76)59(44)21-29-69(30-22-59)56(75)58(3)19-27-68(28-20-58)55(74)38-17-25-67(26-18-38)50-15-12-40(35-61-50)43-13-16-51(72)65-54(43)73/h5-6,9-12,14-15,31,34-38,41-43H,4,7-8,13,16-30,32-33H2,1-3H3,(H,63,64)(H,65,72,73)/t41?,42?,43-/m1/s1. The average Bonchev–Trinajstić information content (AvgIpc) is 4.18. The number of hydrogen-bond donors (Lipinski definition) is 2. The second-order valence-corrected chi connectivity index (χ2v) is 23.3. The molecular weight excluding hydrogens is 962 g/mol. The first-order valence-corrected chi connectivity index (χ1v) is 28.0. The smallest absolute Gasteiger partial charge is 0.238 e. The summed E-state index contributed by atoms with van der Waals surface area (Å²) in [6.07, 6.45) is 13.6. The summed E-state index contributed by atoms with van der Waals surface area (Å²) in [4.78, 5) is 93.5. The fourth-order valence-electron chi connectivity index (χ4n) is 13.6. The van der Waals surface area contributed by atoms with Crippen LogP contribution in [-0.2, 0) is 29.4 Å². The molecular formula is C59H70FN11O5. The quantitative estimate of drug-likeness (QED) is 0.129. The largest absolute Gasteiger partial charge is 0.357 e. The van der Waals surface area contributed by atoms with Crippen LogP contribution in [0, 0.1) is 17.2 Å². The molecule has 5 saturated heterocycles. The van der Waals surface area contributed by atoms with Crippen LogP contribution in [0.3, 0.4) is 0 Å². The Bertz CT molecular complexity index is 3070. The molecule has 1 aliphatic carbocycles. The number of anilines is 4. The number of aromatic nitrogens is 4. The highest BCUT2D eigenvalue weighted by molar-refractivity contribution is 6.10. The number of likely N-dealkylation sites (tertiary alicyclic amines) is 3. The molecule has 6 fully saturated rings. The number of fused-ring (bicyclic) bond motifs is 3. The van der Waals surface area contributed by atoms with Gasteiger partial charge < -0.3 is 34.4 Å². The number of carbonyl (C=O) groups excluding carboxylic acids is 5. The third-order valence-electron chi connectivity index (χ3n) is 18.5. The molecule has 0 unspecified atom stereocenters. The highest BCUT2D eigenvalue weighted by Crippen LogP contribution is 2.53. The number of para-hydroxylation sites is 1. The van der Waals surface area contributed by atoms with E-state index in [1.807, 2.05) is 32.6 Å². The van der Waals surface area contributed by atoms with Crippen molar-refractivity contribution >= 4 is 63.6 Å². The van der Waals surface area contributed by atoms with Crippen molar-refractivity contribution in [3.05, 3.63) is 90.1 Å². The van der Waals surface area contributed by atoms with Crippen LogP contribution in [0.2, 0.25) is 0 Å². The fourth-order valence-corrected chi connectivity index (χ4v) is 13.6. The summed E-state index contributed by atoms with van der Waals surface area (Å²) >= 11 is 0. The zero-order valence-electron chi connectivity index (χ0n) is 44.1. The summed E-state index contributed by atoms with van der Waals surface area (Å²) in [5.41, 5.74) is 4.75. The minimum absolute atomic E-state index is 0.0743. The van der Waals surface area contributed by atoms with Crippen LogP contribution in [-0.4, -0.2) is 128 Å². The Balaban J connectivity index is 0.722. The summed E-state index contributed by atoms with van der Waals surface area (Å²) in [7, 11) is 0. The summed E-state index contributed by atoms with van der Waals surface area (Å²) in [5.74, 6) is 0.367. The molecule has 2 aromatic carbocycles. The van der Waals surface area contributed by atoms with E-state index in [1.54, 1.807) is 30.7 Å². The van der Waals surface area contributed by atoms with E-state index in [-0.39, 0.29) is 59.3 Å². The van der Waals surface area contributed by atoms with Gasteiger partial charge in [0.2, 0.25) is 29.5 Å². The maximum atomic E-state index is 15.4. The molecule has 3 aromatic heterocycles. The highest BCUT2D eigenvalue weighted by atomic mass is 19.1. The molecule has 12 rings (SSSR count). The van der Waals surface area contributed by atoms with Crippen molar-refractivity contribution in [1.82, 2.24) is 39.5 Å². The summed E-state index contributed by atoms with van der Waals surface area (Å²) in [6, 6.07) is 19.4. The van der Waals surface area contributed by atoms with Crippen molar-refractivity contribution in [2.75, 3.05) is 67.5 Å². The van der Waals surface area contributed by atoms with Crippen LogP contribution in [0.25, 0.3) is 22.3 Å². The molecule has 76 heavy (non-hydrogen) atoms. The molecule has 16 nitrogen and oxygen atoms in total. The van der Waals surface area contributed by atoms with Crippen molar-refractivity contribution in [3.8, 4) is 11.3 Å². The summed E-state index contributed by atoms with van der Waals surface area (Å²) in [6.45, 7) is 11.9. The molecule has 1 saturated carbocycles. The molecule has 5 aromatic rings.